The molecule has 0 spiro atoms. The average Bonchev–Trinajstić information content (AvgIpc) is 3.22. The van der Waals surface area contributed by atoms with E-state index in [-0.39, 0.29) is 23.2 Å². The molecule has 1 aliphatic heterocycles. The van der Waals surface area contributed by atoms with Gasteiger partial charge < -0.3 is 9.47 Å². The molecule has 1 amide bonds. The quantitative estimate of drug-likeness (QED) is 0.769. The van der Waals surface area contributed by atoms with Gasteiger partial charge >= 0.3 is 0 Å². The molecular formula is C21H26ClN3O. The largest absolute Gasteiger partial charge is 0.333 e. The minimum absolute atomic E-state index is 0.0149. The number of alkyl halides is 1. The molecule has 1 atom stereocenters. The molecule has 26 heavy (non-hydrogen) atoms. The fourth-order valence-corrected chi connectivity index (χ4v) is 4.65. The van der Waals surface area contributed by atoms with Crippen LogP contribution in [0.3, 0.4) is 0 Å². The van der Waals surface area contributed by atoms with Gasteiger partial charge in [-0.1, -0.05) is 32.0 Å². The van der Waals surface area contributed by atoms with E-state index in [4.69, 9.17) is 11.6 Å². The fraction of sp³-hybridized carbons (Fsp3) is 0.524. The number of fused-ring (bicyclic) bond motifs is 2. The maximum atomic E-state index is 12.6. The lowest BCUT2D eigenvalue weighted by atomic mass is 9.86. The van der Waals surface area contributed by atoms with Gasteiger partial charge in [0.05, 0.1) is 6.04 Å². The second-order valence-electron chi connectivity index (χ2n) is 8.22. The molecular weight excluding hydrogens is 346 g/mol. The molecule has 138 valence electrons. The maximum absolute atomic E-state index is 12.6. The molecule has 1 aliphatic carbocycles. The monoisotopic (exact) mass is 371 g/mol. The van der Waals surface area contributed by atoms with Gasteiger partial charge in [0, 0.05) is 31.9 Å². The Morgan fingerprint density at radius 1 is 1.38 bits per heavy atom. The van der Waals surface area contributed by atoms with E-state index in [1.165, 1.54) is 23.1 Å². The van der Waals surface area contributed by atoms with E-state index in [9.17, 15) is 4.79 Å². The summed E-state index contributed by atoms with van der Waals surface area (Å²) < 4.78 is 2.16. The zero-order chi connectivity index (χ0) is 18.3. The van der Waals surface area contributed by atoms with Crippen LogP contribution in [0.25, 0.3) is 0 Å². The van der Waals surface area contributed by atoms with Crippen LogP contribution in [0.2, 0.25) is 0 Å². The number of benzene rings is 1. The molecule has 1 aromatic heterocycles. The number of amides is 1. The Labute approximate surface area is 160 Å². The Balaban J connectivity index is 1.56. The lowest BCUT2D eigenvalue weighted by molar-refractivity contribution is -0.132. The van der Waals surface area contributed by atoms with Gasteiger partial charge in [0.15, 0.2) is 0 Å². The number of aromatic nitrogens is 2. The van der Waals surface area contributed by atoms with Crippen LogP contribution in [0.5, 0.6) is 0 Å². The van der Waals surface area contributed by atoms with Crippen LogP contribution >= 0.6 is 11.6 Å². The van der Waals surface area contributed by atoms with E-state index in [0.29, 0.717) is 6.54 Å². The molecule has 0 N–H and O–H groups in total. The number of nitrogens with zero attached hydrogens (tertiary/aromatic N) is 3. The molecule has 1 aromatic carbocycles. The van der Waals surface area contributed by atoms with Crippen LogP contribution in [0.4, 0.5) is 0 Å². The molecule has 4 rings (SSSR count). The van der Waals surface area contributed by atoms with Crippen molar-refractivity contribution in [3.63, 3.8) is 0 Å². The predicted octanol–water partition coefficient (Wildman–Crippen LogP) is 3.69. The molecule has 1 unspecified atom stereocenters. The van der Waals surface area contributed by atoms with Crippen molar-refractivity contribution in [2.24, 2.45) is 0 Å². The highest BCUT2D eigenvalue weighted by Gasteiger charge is 2.31. The predicted molar refractivity (Wildman–Crippen MR) is 103 cm³/mol. The van der Waals surface area contributed by atoms with E-state index in [1.807, 2.05) is 17.3 Å². The first-order valence-corrected chi connectivity index (χ1v) is 9.99. The number of carbonyl (C=O) groups is 1. The molecule has 0 saturated carbocycles. The standard InChI is InChI=1S/C21H26ClN3O/c1-21(2)8-7-16-11-15(3-5-18(16)21)13-25(20(26)12-22)17-4-6-19-23-9-10-24(19)14-17/h3,5,9-11,17H,4,6-8,12-14H2,1-2H3. The number of carbonyl (C=O) groups excluding carboxylic acids is 1. The van der Waals surface area contributed by atoms with Crippen molar-refractivity contribution < 1.29 is 4.79 Å². The topological polar surface area (TPSA) is 38.1 Å². The van der Waals surface area contributed by atoms with Gasteiger partial charge in [-0.25, -0.2) is 4.98 Å². The fourth-order valence-electron chi connectivity index (χ4n) is 4.49. The SMILES string of the molecule is CC1(C)CCc2cc(CN(C(=O)CCl)C3CCc4nccn4C3)ccc21. The lowest BCUT2D eigenvalue weighted by Crippen LogP contribution is -2.45. The summed E-state index contributed by atoms with van der Waals surface area (Å²) in [4.78, 5) is 18.9. The summed E-state index contributed by atoms with van der Waals surface area (Å²) in [6, 6.07) is 6.92. The highest BCUT2D eigenvalue weighted by molar-refractivity contribution is 6.27. The van der Waals surface area contributed by atoms with Gasteiger partial charge in [-0.3, -0.25) is 4.79 Å². The zero-order valence-corrected chi connectivity index (χ0v) is 16.3. The van der Waals surface area contributed by atoms with Crippen LogP contribution in [-0.4, -0.2) is 32.3 Å². The molecule has 5 heteroatoms. The van der Waals surface area contributed by atoms with Gasteiger partial charge in [-0.2, -0.15) is 0 Å². The molecule has 2 aromatic rings. The van der Waals surface area contributed by atoms with Gasteiger partial charge in [0.1, 0.15) is 11.7 Å². The van der Waals surface area contributed by atoms with Crippen molar-refractivity contribution in [3.05, 3.63) is 53.1 Å². The highest BCUT2D eigenvalue weighted by atomic mass is 35.5. The Morgan fingerprint density at radius 2 is 2.23 bits per heavy atom. The summed E-state index contributed by atoms with van der Waals surface area (Å²) in [5, 5.41) is 0. The first-order chi connectivity index (χ1) is 12.5. The lowest BCUT2D eigenvalue weighted by Gasteiger charge is -2.35. The average molecular weight is 372 g/mol. The third kappa shape index (κ3) is 3.16. The van der Waals surface area contributed by atoms with Crippen LogP contribution in [0, 0.1) is 0 Å². The van der Waals surface area contributed by atoms with Crippen molar-refractivity contribution in [2.45, 2.75) is 64.1 Å². The second kappa shape index (κ2) is 6.73. The van der Waals surface area contributed by atoms with Crippen molar-refractivity contribution in [2.75, 3.05) is 5.88 Å². The van der Waals surface area contributed by atoms with Crippen LogP contribution < -0.4 is 0 Å². The van der Waals surface area contributed by atoms with Crippen LogP contribution in [-0.2, 0) is 36.1 Å². The van der Waals surface area contributed by atoms with Crippen LogP contribution in [0.1, 0.15) is 49.2 Å². The summed E-state index contributed by atoms with van der Waals surface area (Å²) in [5.41, 5.74) is 4.36. The zero-order valence-electron chi connectivity index (χ0n) is 15.5. The minimum atomic E-state index is 0.0149. The number of imidazole rings is 1. The molecule has 2 aliphatic rings. The summed E-state index contributed by atoms with van der Waals surface area (Å²) in [6.45, 7) is 6.06. The third-order valence-corrected chi connectivity index (χ3v) is 6.29. The Hall–Kier alpha value is -1.81. The minimum Gasteiger partial charge on any atom is -0.333 e. The van der Waals surface area contributed by atoms with E-state index < -0.39 is 0 Å². The number of aryl methyl sites for hydroxylation is 2. The number of rotatable bonds is 4. The van der Waals surface area contributed by atoms with Gasteiger partial charge in [0.25, 0.3) is 0 Å². The first-order valence-electron chi connectivity index (χ1n) is 9.45. The molecule has 4 nitrogen and oxygen atoms in total. The Kier molecular flexibility index (Phi) is 4.55. The molecule has 0 saturated heterocycles. The smallest absolute Gasteiger partial charge is 0.238 e. The van der Waals surface area contributed by atoms with Crippen molar-refractivity contribution in [1.29, 1.82) is 0 Å². The third-order valence-electron chi connectivity index (χ3n) is 6.06. The highest BCUT2D eigenvalue weighted by Crippen LogP contribution is 2.38. The summed E-state index contributed by atoms with van der Waals surface area (Å²) >= 11 is 5.93. The van der Waals surface area contributed by atoms with Crippen LogP contribution in [0.15, 0.2) is 30.6 Å². The van der Waals surface area contributed by atoms with Gasteiger partial charge in [-0.15, -0.1) is 11.6 Å². The van der Waals surface area contributed by atoms with Crippen molar-refractivity contribution in [1.82, 2.24) is 14.5 Å². The maximum Gasteiger partial charge on any atom is 0.238 e. The molecule has 0 fully saturated rings. The van der Waals surface area contributed by atoms with E-state index in [2.05, 4.69) is 41.6 Å². The number of halogens is 1. The molecule has 0 radical (unpaired) electrons. The molecule has 2 heterocycles. The van der Waals surface area contributed by atoms with Gasteiger partial charge in [0.2, 0.25) is 5.91 Å². The number of hydrogen-bond acceptors (Lipinski definition) is 2. The summed E-state index contributed by atoms with van der Waals surface area (Å²) in [5.74, 6) is 1.16. The van der Waals surface area contributed by atoms with E-state index in [0.717, 1.165) is 31.6 Å². The van der Waals surface area contributed by atoms with Gasteiger partial charge in [-0.05, 0) is 41.4 Å². The Morgan fingerprint density at radius 3 is 3.04 bits per heavy atom. The normalized spacial score (nSPS) is 20.5. The molecule has 0 bridgehead atoms. The van der Waals surface area contributed by atoms with E-state index in [1.54, 1.807) is 0 Å². The van der Waals surface area contributed by atoms with E-state index >= 15 is 0 Å². The summed E-state index contributed by atoms with van der Waals surface area (Å²) in [6.07, 6.45) is 8.01. The second-order valence-corrected chi connectivity index (χ2v) is 8.49. The van der Waals surface area contributed by atoms with Crippen molar-refractivity contribution >= 4 is 17.5 Å². The summed E-state index contributed by atoms with van der Waals surface area (Å²) in [7, 11) is 0. The number of hydrogen-bond donors (Lipinski definition) is 0. The first kappa shape index (κ1) is 17.6. The van der Waals surface area contributed by atoms with Crippen molar-refractivity contribution in [3.8, 4) is 0 Å². The Bertz CT molecular complexity index is 826.